The fourth-order valence-corrected chi connectivity index (χ4v) is 3.77. The molecule has 0 atom stereocenters. The number of hydrogen-bond donors (Lipinski definition) is 2. The van der Waals surface area contributed by atoms with Crippen LogP contribution in [-0.2, 0) is 16.4 Å². The number of carboxylic acids is 1. The van der Waals surface area contributed by atoms with Crippen molar-refractivity contribution in [2.45, 2.75) is 11.3 Å². The number of aromatic nitrogens is 2. The van der Waals surface area contributed by atoms with Crippen LogP contribution in [0.25, 0.3) is 0 Å². The lowest BCUT2D eigenvalue weighted by Gasteiger charge is -2.19. The molecule has 0 spiro atoms. The summed E-state index contributed by atoms with van der Waals surface area (Å²) in [6.07, 6.45) is 2.97. The maximum Gasteiger partial charge on any atom is 0.337 e. The van der Waals surface area contributed by atoms with E-state index in [0.717, 1.165) is 9.87 Å². The molecule has 0 saturated carbocycles. The SMILES string of the molecule is O=C(O)c1cccc2c1N(S(=O)(=O)c1cn[nH]c1)CC2. The van der Waals surface area contributed by atoms with Gasteiger partial charge in [0.1, 0.15) is 4.90 Å². The Bertz CT molecular complexity index is 768. The van der Waals surface area contributed by atoms with E-state index in [0.29, 0.717) is 6.42 Å². The number of aromatic amines is 1. The number of hydrogen-bond acceptors (Lipinski definition) is 4. The number of carbonyl (C=O) groups is 1. The Balaban J connectivity index is 2.17. The number of para-hydroxylation sites is 1. The Kier molecular flexibility index (Phi) is 2.75. The molecule has 0 bridgehead atoms. The van der Waals surface area contributed by atoms with Crippen LogP contribution in [0, 0.1) is 0 Å². The lowest BCUT2D eigenvalue weighted by atomic mass is 10.1. The summed E-state index contributed by atoms with van der Waals surface area (Å²) in [4.78, 5) is 11.3. The minimum absolute atomic E-state index is 0.00734. The highest BCUT2D eigenvalue weighted by atomic mass is 32.2. The summed E-state index contributed by atoms with van der Waals surface area (Å²) in [5.41, 5.74) is 0.963. The molecule has 1 aliphatic heterocycles. The van der Waals surface area contributed by atoms with Crippen molar-refractivity contribution in [3.05, 3.63) is 41.7 Å². The normalized spacial score (nSPS) is 14.3. The third-order valence-electron chi connectivity index (χ3n) is 3.24. The Labute approximate surface area is 114 Å². The number of rotatable bonds is 3. The van der Waals surface area contributed by atoms with Gasteiger partial charge in [-0.3, -0.25) is 9.40 Å². The standard InChI is InChI=1S/C12H11N3O4S/c16-12(17)10-3-1-2-8-4-5-15(11(8)10)20(18,19)9-6-13-14-7-9/h1-3,6-7H,4-5H2,(H,13,14)(H,16,17). The number of benzene rings is 1. The highest BCUT2D eigenvalue weighted by molar-refractivity contribution is 7.92. The van der Waals surface area contributed by atoms with Crippen LogP contribution in [0.3, 0.4) is 0 Å². The zero-order valence-electron chi connectivity index (χ0n) is 10.3. The summed E-state index contributed by atoms with van der Waals surface area (Å²) >= 11 is 0. The number of fused-ring (bicyclic) bond motifs is 1. The van der Waals surface area contributed by atoms with Gasteiger partial charge in [-0.1, -0.05) is 12.1 Å². The molecule has 8 heteroatoms. The molecule has 20 heavy (non-hydrogen) atoms. The Morgan fingerprint density at radius 3 is 2.85 bits per heavy atom. The molecular weight excluding hydrogens is 282 g/mol. The van der Waals surface area contributed by atoms with Crippen LogP contribution in [0.2, 0.25) is 0 Å². The van der Waals surface area contributed by atoms with E-state index in [4.69, 9.17) is 0 Å². The average molecular weight is 293 g/mol. The molecule has 0 unspecified atom stereocenters. The Morgan fingerprint density at radius 2 is 2.20 bits per heavy atom. The smallest absolute Gasteiger partial charge is 0.337 e. The first-order chi connectivity index (χ1) is 9.51. The summed E-state index contributed by atoms with van der Waals surface area (Å²) in [7, 11) is -3.79. The van der Waals surface area contributed by atoms with Crippen molar-refractivity contribution >= 4 is 21.7 Å². The fourth-order valence-electron chi connectivity index (χ4n) is 2.34. The topological polar surface area (TPSA) is 103 Å². The first kappa shape index (κ1) is 12.7. The molecule has 0 amide bonds. The third kappa shape index (κ3) is 1.76. The third-order valence-corrected chi connectivity index (χ3v) is 5.01. The summed E-state index contributed by atoms with van der Waals surface area (Å²) in [6.45, 7) is 0.229. The molecule has 0 fully saturated rings. The second-order valence-electron chi connectivity index (χ2n) is 4.38. The predicted octanol–water partition coefficient (Wildman–Crippen LogP) is 0.859. The second kappa shape index (κ2) is 4.34. The zero-order valence-corrected chi connectivity index (χ0v) is 11.1. The summed E-state index contributed by atoms with van der Waals surface area (Å²) in [5.74, 6) is -1.14. The molecule has 1 aromatic heterocycles. The van der Waals surface area contributed by atoms with Crippen LogP contribution in [-0.4, -0.2) is 36.2 Å². The van der Waals surface area contributed by atoms with Crippen LogP contribution >= 0.6 is 0 Å². The number of aromatic carboxylic acids is 1. The van der Waals surface area contributed by atoms with Gasteiger partial charge < -0.3 is 5.11 Å². The molecule has 104 valence electrons. The van der Waals surface area contributed by atoms with Gasteiger partial charge in [-0.05, 0) is 18.1 Å². The van der Waals surface area contributed by atoms with E-state index < -0.39 is 16.0 Å². The molecule has 0 aliphatic carbocycles. The van der Waals surface area contributed by atoms with Gasteiger partial charge in [-0.25, -0.2) is 13.2 Å². The summed E-state index contributed by atoms with van der Waals surface area (Å²) in [6, 6.07) is 4.77. The van der Waals surface area contributed by atoms with E-state index in [1.807, 2.05) is 0 Å². The van der Waals surface area contributed by atoms with Crippen LogP contribution in [0.15, 0.2) is 35.5 Å². The monoisotopic (exact) mass is 293 g/mol. The first-order valence-electron chi connectivity index (χ1n) is 5.88. The van der Waals surface area contributed by atoms with Crippen molar-refractivity contribution in [1.82, 2.24) is 10.2 Å². The number of nitrogens with zero attached hydrogens (tertiary/aromatic N) is 2. The lowest BCUT2D eigenvalue weighted by molar-refractivity contribution is 0.0698. The Hall–Kier alpha value is -2.35. The van der Waals surface area contributed by atoms with Crippen LogP contribution in [0.4, 0.5) is 5.69 Å². The van der Waals surface area contributed by atoms with Gasteiger partial charge in [-0.15, -0.1) is 0 Å². The molecule has 0 radical (unpaired) electrons. The van der Waals surface area contributed by atoms with Gasteiger partial charge in [0.15, 0.2) is 0 Å². The summed E-state index contributed by atoms with van der Waals surface area (Å²) < 4.78 is 26.1. The molecule has 2 aromatic rings. The van der Waals surface area contributed by atoms with E-state index in [1.165, 1.54) is 18.5 Å². The fraction of sp³-hybridized carbons (Fsp3) is 0.167. The van der Waals surface area contributed by atoms with Gasteiger partial charge in [0, 0.05) is 12.7 Å². The van der Waals surface area contributed by atoms with Gasteiger partial charge in [0.25, 0.3) is 10.0 Å². The van der Waals surface area contributed by atoms with Crippen molar-refractivity contribution < 1.29 is 18.3 Å². The Morgan fingerprint density at radius 1 is 1.40 bits per heavy atom. The molecule has 0 saturated heterocycles. The predicted molar refractivity (Wildman–Crippen MR) is 70.2 cm³/mol. The lowest BCUT2D eigenvalue weighted by Crippen LogP contribution is -2.30. The van der Waals surface area contributed by atoms with E-state index in [2.05, 4.69) is 10.2 Å². The molecule has 1 aliphatic rings. The number of nitrogens with one attached hydrogen (secondary N) is 1. The van der Waals surface area contributed by atoms with Crippen LogP contribution in [0.5, 0.6) is 0 Å². The van der Waals surface area contributed by atoms with E-state index >= 15 is 0 Å². The summed E-state index contributed by atoms with van der Waals surface area (Å²) in [5, 5.41) is 15.3. The molecular formula is C12H11N3O4S. The zero-order chi connectivity index (χ0) is 14.3. The van der Waals surface area contributed by atoms with Gasteiger partial charge in [-0.2, -0.15) is 5.10 Å². The molecule has 3 rings (SSSR count). The van der Waals surface area contributed by atoms with Crippen molar-refractivity contribution in [2.75, 3.05) is 10.8 Å². The van der Waals surface area contributed by atoms with Crippen molar-refractivity contribution in [2.24, 2.45) is 0 Å². The number of H-pyrrole nitrogens is 1. The maximum atomic E-state index is 12.5. The quantitative estimate of drug-likeness (QED) is 0.873. The number of anilines is 1. The highest BCUT2D eigenvalue weighted by Gasteiger charge is 2.34. The minimum atomic E-state index is -3.79. The highest BCUT2D eigenvalue weighted by Crippen LogP contribution is 2.35. The van der Waals surface area contributed by atoms with E-state index in [-0.39, 0.29) is 22.7 Å². The van der Waals surface area contributed by atoms with Crippen molar-refractivity contribution in [3.63, 3.8) is 0 Å². The first-order valence-corrected chi connectivity index (χ1v) is 7.32. The molecule has 7 nitrogen and oxygen atoms in total. The minimum Gasteiger partial charge on any atom is -0.478 e. The maximum absolute atomic E-state index is 12.5. The number of carboxylic acid groups (broad SMARTS) is 1. The van der Waals surface area contributed by atoms with Crippen molar-refractivity contribution in [3.8, 4) is 0 Å². The average Bonchev–Trinajstić information content (AvgIpc) is 3.07. The van der Waals surface area contributed by atoms with Gasteiger partial charge in [0.05, 0.1) is 17.4 Å². The van der Waals surface area contributed by atoms with E-state index in [9.17, 15) is 18.3 Å². The molecule has 2 N–H and O–H groups in total. The van der Waals surface area contributed by atoms with Crippen LogP contribution in [0.1, 0.15) is 15.9 Å². The van der Waals surface area contributed by atoms with Gasteiger partial charge in [0.2, 0.25) is 0 Å². The molecule has 2 heterocycles. The largest absolute Gasteiger partial charge is 0.478 e. The van der Waals surface area contributed by atoms with Gasteiger partial charge >= 0.3 is 5.97 Å². The van der Waals surface area contributed by atoms with E-state index in [1.54, 1.807) is 12.1 Å². The second-order valence-corrected chi connectivity index (χ2v) is 6.24. The molecule has 1 aromatic carbocycles. The number of sulfonamides is 1. The van der Waals surface area contributed by atoms with Crippen LogP contribution < -0.4 is 4.31 Å². The van der Waals surface area contributed by atoms with Crippen molar-refractivity contribution in [1.29, 1.82) is 0 Å².